The minimum atomic E-state index is -0.276. The van der Waals surface area contributed by atoms with Crippen LogP contribution in [0.4, 0.5) is 10.5 Å². The van der Waals surface area contributed by atoms with Gasteiger partial charge in [0, 0.05) is 36.0 Å². The fourth-order valence-corrected chi connectivity index (χ4v) is 4.02. The van der Waals surface area contributed by atoms with Crippen LogP contribution in [0.15, 0.2) is 39.7 Å². The molecule has 1 aliphatic heterocycles. The molecule has 1 aromatic carbocycles. The summed E-state index contributed by atoms with van der Waals surface area (Å²) in [5.41, 5.74) is 9.53. The lowest BCUT2D eigenvalue weighted by molar-refractivity contribution is 0.163. The summed E-state index contributed by atoms with van der Waals surface area (Å²) in [6.07, 6.45) is 8.37. The number of anilines is 1. The second-order valence-electron chi connectivity index (χ2n) is 6.81. The van der Waals surface area contributed by atoms with Gasteiger partial charge in [0.2, 0.25) is 0 Å². The highest BCUT2D eigenvalue weighted by atomic mass is 16.2. The normalized spacial score (nSPS) is 18.6. The molecule has 0 bridgehead atoms. The number of azo groups is 1. The van der Waals surface area contributed by atoms with Crippen molar-refractivity contribution in [3.8, 4) is 0 Å². The fourth-order valence-electron chi connectivity index (χ4n) is 4.02. The van der Waals surface area contributed by atoms with E-state index in [2.05, 4.69) is 32.5 Å². The summed E-state index contributed by atoms with van der Waals surface area (Å²) in [6.45, 7) is 0. The van der Waals surface area contributed by atoms with E-state index in [9.17, 15) is 4.79 Å². The summed E-state index contributed by atoms with van der Waals surface area (Å²) in [6, 6.07) is 5.62. The van der Waals surface area contributed by atoms with Crippen LogP contribution in [-0.4, -0.2) is 25.2 Å². The number of carbonyl (C=O) groups is 1. The summed E-state index contributed by atoms with van der Waals surface area (Å²) in [5.74, 6) is 0.507. The van der Waals surface area contributed by atoms with Gasteiger partial charge < -0.3 is 5.32 Å². The summed E-state index contributed by atoms with van der Waals surface area (Å²) >= 11 is 0. The Morgan fingerprint density at radius 3 is 2.62 bits per heavy atom. The van der Waals surface area contributed by atoms with Crippen molar-refractivity contribution in [1.82, 2.24) is 16.0 Å². The lowest BCUT2D eigenvalue weighted by Gasteiger charge is -2.21. The van der Waals surface area contributed by atoms with E-state index in [1.54, 1.807) is 14.1 Å². The maximum Gasteiger partial charge on any atom is 0.351 e. The van der Waals surface area contributed by atoms with Crippen molar-refractivity contribution in [2.24, 2.45) is 16.1 Å². The smallest absolute Gasteiger partial charge is 0.305 e. The molecule has 1 heterocycles. The van der Waals surface area contributed by atoms with Crippen LogP contribution < -0.4 is 26.6 Å². The minimum absolute atomic E-state index is 0.276. The van der Waals surface area contributed by atoms with E-state index in [4.69, 9.17) is 0 Å². The third kappa shape index (κ3) is 2.83. The quantitative estimate of drug-likeness (QED) is 0.725. The molecule has 0 spiro atoms. The van der Waals surface area contributed by atoms with Gasteiger partial charge in [-0.1, -0.05) is 31.4 Å². The van der Waals surface area contributed by atoms with Crippen LogP contribution in [0.2, 0.25) is 0 Å². The molecule has 1 aromatic rings. The second-order valence-corrected chi connectivity index (χ2v) is 6.81. The van der Waals surface area contributed by atoms with E-state index < -0.39 is 0 Å². The Hall–Kier alpha value is -2.51. The molecule has 2 amide bonds. The first kappa shape index (κ1) is 16.9. The first-order valence-corrected chi connectivity index (χ1v) is 9.20. The molecule has 3 N–H and O–H groups in total. The number of urea groups is 1. The zero-order valence-electron chi connectivity index (χ0n) is 15.2. The first-order valence-electron chi connectivity index (χ1n) is 9.20. The van der Waals surface area contributed by atoms with Gasteiger partial charge in [-0.05, 0) is 25.0 Å². The zero-order chi connectivity index (χ0) is 18.1. The highest BCUT2D eigenvalue weighted by molar-refractivity contribution is 5.92. The monoisotopic (exact) mass is 352 g/mol. The number of allylic oxidation sites excluding steroid dienone is 1. The predicted molar refractivity (Wildman–Crippen MR) is 101 cm³/mol. The molecule has 0 radical (unpaired) electrons. The molecule has 0 atom stereocenters. The molecule has 7 heteroatoms. The number of hydrazine groups is 2. The summed E-state index contributed by atoms with van der Waals surface area (Å²) in [7, 11) is 3.36. The summed E-state index contributed by atoms with van der Waals surface area (Å²) < 4.78 is 0. The Kier molecular flexibility index (Phi) is 4.57. The van der Waals surface area contributed by atoms with Crippen molar-refractivity contribution in [3.05, 3.63) is 39.9 Å². The number of fused-ring (bicyclic) bond motifs is 2. The number of hydrogen-bond donors (Lipinski definition) is 3. The minimum Gasteiger partial charge on any atom is -0.305 e. The van der Waals surface area contributed by atoms with Crippen molar-refractivity contribution >= 4 is 23.5 Å². The molecule has 1 saturated carbocycles. The van der Waals surface area contributed by atoms with Gasteiger partial charge in [-0.15, -0.1) is 5.11 Å². The zero-order valence-corrected chi connectivity index (χ0v) is 15.2. The average molecular weight is 352 g/mol. The van der Waals surface area contributed by atoms with E-state index in [0.717, 1.165) is 33.1 Å². The van der Waals surface area contributed by atoms with E-state index >= 15 is 0 Å². The van der Waals surface area contributed by atoms with Crippen molar-refractivity contribution in [2.45, 2.75) is 32.1 Å². The van der Waals surface area contributed by atoms with Gasteiger partial charge in [-0.3, -0.25) is 0 Å². The molecule has 136 valence electrons. The molecular weight excluding hydrogens is 328 g/mol. The van der Waals surface area contributed by atoms with Gasteiger partial charge in [0.25, 0.3) is 0 Å². The molecule has 26 heavy (non-hydrogen) atoms. The molecule has 1 fully saturated rings. The maximum absolute atomic E-state index is 12.3. The fraction of sp³-hybridized carbons (Fsp3) is 0.421. The van der Waals surface area contributed by atoms with E-state index in [-0.39, 0.29) is 6.03 Å². The highest BCUT2D eigenvalue weighted by Crippen LogP contribution is 2.39. The van der Waals surface area contributed by atoms with Crippen molar-refractivity contribution < 1.29 is 4.79 Å². The number of hydrogen-bond acceptors (Lipinski definition) is 5. The van der Waals surface area contributed by atoms with Crippen LogP contribution in [0.1, 0.15) is 32.1 Å². The topological polar surface area (TPSA) is 81.1 Å². The Labute approximate surface area is 152 Å². The van der Waals surface area contributed by atoms with Crippen LogP contribution >= 0.6 is 0 Å². The highest BCUT2D eigenvalue weighted by Gasteiger charge is 2.28. The van der Waals surface area contributed by atoms with Gasteiger partial charge in [-0.2, -0.15) is 10.2 Å². The van der Waals surface area contributed by atoms with E-state index in [1.165, 1.54) is 37.2 Å². The molecule has 0 aromatic heterocycles. The van der Waals surface area contributed by atoms with Crippen molar-refractivity contribution in [2.75, 3.05) is 19.4 Å². The van der Waals surface area contributed by atoms with Crippen LogP contribution in [0.3, 0.4) is 0 Å². The third-order valence-electron chi connectivity index (χ3n) is 5.32. The third-order valence-corrected chi connectivity index (χ3v) is 5.32. The largest absolute Gasteiger partial charge is 0.351 e. The first-order chi connectivity index (χ1) is 12.7. The van der Waals surface area contributed by atoms with Gasteiger partial charge in [0.15, 0.2) is 0 Å². The standard InChI is InChI=1S/C19H24N6O/c1-20-25(21-2)19(26)22-16-10-6-9-13-14(16)11-15-17(23-24-18(13)15)12-7-4-3-5-8-12/h6,9-12,20-21H,3-5,7-8H2,1-2H3,(H,22,26). The van der Waals surface area contributed by atoms with Gasteiger partial charge in [-0.25, -0.2) is 15.6 Å². The number of amides is 2. The van der Waals surface area contributed by atoms with Gasteiger partial charge in [0.05, 0.1) is 11.4 Å². The predicted octanol–water partition coefficient (Wildman–Crippen LogP) is 1.99. The SMILES string of the molecule is CNN(NC)C(=O)Nc1cccc2c1=CC1=C(C3CCCCC3)N=NC=21. The summed E-state index contributed by atoms with van der Waals surface area (Å²) in [5, 5.41) is 15.3. The number of nitrogens with zero attached hydrogens (tertiary/aromatic N) is 3. The Bertz CT molecular complexity index is 906. The Morgan fingerprint density at radius 1 is 1.12 bits per heavy atom. The molecule has 0 saturated heterocycles. The van der Waals surface area contributed by atoms with Crippen LogP contribution in [0.5, 0.6) is 0 Å². The van der Waals surface area contributed by atoms with E-state index in [1.807, 2.05) is 18.2 Å². The number of benzene rings is 1. The van der Waals surface area contributed by atoms with Gasteiger partial charge >= 0.3 is 6.03 Å². The Morgan fingerprint density at radius 2 is 1.88 bits per heavy atom. The molecular formula is C19H24N6O. The van der Waals surface area contributed by atoms with Crippen molar-refractivity contribution in [3.63, 3.8) is 0 Å². The van der Waals surface area contributed by atoms with Crippen LogP contribution in [0, 0.1) is 5.92 Å². The van der Waals surface area contributed by atoms with E-state index in [0.29, 0.717) is 5.92 Å². The number of nitrogens with one attached hydrogen (secondary N) is 3. The molecule has 4 rings (SSSR count). The number of rotatable bonds is 4. The van der Waals surface area contributed by atoms with Crippen molar-refractivity contribution in [1.29, 1.82) is 0 Å². The summed E-state index contributed by atoms with van der Waals surface area (Å²) in [4.78, 5) is 12.3. The molecule has 2 aliphatic carbocycles. The molecule has 7 nitrogen and oxygen atoms in total. The average Bonchev–Trinajstić information content (AvgIpc) is 3.23. The molecule has 3 aliphatic rings. The van der Waals surface area contributed by atoms with Crippen LogP contribution in [0.25, 0.3) is 11.8 Å². The Balaban J connectivity index is 1.72. The lowest BCUT2D eigenvalue weighted by atomic mass is 9.85. The van der Waals surface area contributed by atoms with Crippen LogP contribution in [-0.2, 0) is 0 Å². The van der Waals surface area contributed by atoms with Gasteiger partial charge in [0.1, 0.15) is 5.70 Å². The second kappa shape index (κ2) is 7.01. The maximum atomic E-state index is 12.3. The molecule has 0 unspecified atom stereocenters. The lowest BCUT2D eigenvalue weighted by Crippen LogP contribution is -2.51. The number of carbonyl (C=O) groups excluding carboxylic acids is 1.